The summed E-state index contributed by atoms with van der Waals surface area (Å²) in [6.45, 7) is 0.393. The lowest BCUT2D eigenvalue weighted by Crippen LogP contribution is -1.99. The molecule has 3 aromatic carbocycles. The molecular weight excluding hydrogens is 296 g/mol. The highest BCUT2D eigenvalue weighted by atomic mass is 16.5. The van der Waals surface area contributed by atoms with E-state index >= 15 is 0 Å². The van der Waals surface area contributed by atoms with Crippen LogP contribution in [-0.4, -0.2) is 12.9 Å². The zero-order chi connectivity index (χ0) is 16.6. The Kier molecular flexibility index (Phi) is 5.21. The number of carbonyl (C=O) groups excluding carboxylic acids is 1. The number of rotatable bonds is 6. The molecule has 0 bridgehead atoms. The van der Waals surface area contributed by atoms with Crippen LogP contribution in [0.5, 0.6) is 5.75 Å². The summed E-state index contributed by atoms with van der Waals surface area (Å²) in [6, 6.07) is 27.7. The predicted molar refractivity (Wildman–Crippen MR) is 97.3 cm³/mol. The second kappa shape index (κ2) is 7.93. The minimum absolute atomic E-state index is 0.393. The molecule has 0 saturated heterocycles. The molecule has 0 aliphatic heterocycles. The largest absolute Gasteiger partial charge is 0.489 e. The van der Waals surface area contributed by atoms with Crippen LogP contribution in [-0.2, 0) is 0 Å². The normalized spacial score (nSPS) is 10.0. The summed E-state index contributed by atoms with van der Waals surface area (Å²) in [5.74, 6) is 0.601. The average Bonchev–Trinajstić information content (AvgIpc) is 2.67. The predicted octanol–water partition coefficient (Wildman–Crippen LogP) is 5.01. The van der Waals surface area contributed by atoms with Crippen molar-refractivity contribution in [2.45, 2.75) is 0 Å². The molecule has 0 aliphatic carbocycles. The first-order valence-corrected chi connectivity index (χ1v) is 7.86. The van der Waals surface area contributed by atoms with Gasteiger partial charge in [-0.3, -0.25) is 4.79 Å². The van der Waals surface area contributed by atoms with Crippen LogP contribution in [0.25, 0.3) is 5.57 Å². The number of carbonyl (C=O) groups is 1. The molecule has 0 N–H and O–H groups in total. The van der Waals surface area contributed by atoms with E-state index in [-0.39, 0.29) is 0 Å². The number of benzene rings is 3. The van der Waals surface area contributed by atoms with Crippen molar-refractivity contribution >= 4 is 11.9 Å². The lowest BCUT2D eigenvalue weighted by Gasteiger charge is -2.10. The van der Waals surface area contributed by atoms with Gasteiger partial charge in [0.2, 0.25) is 0 Å². The highest BCUT2D eigenvalue weighted by Crippen LogP contribution is 2.23. The molecular formula is C22H18O2. The summed E-state index contributed by atoms with van der Waals surface area (Å²) in [6.07, 6.45) is 2.86. The molecule has 24 heavy (non-hydrogen) atoms. The molecule has 0 aromatic heterocycles. The van der Waals surface area contributed by atoms with Gasteiger partial charge in [0.05, 0.1) is 5.56 Å². The maximum absolute atomic E-state index is 11.1. The van der Waals surface area contributed by atoms with E-state index in [1.54, 1.807) is 6.07 Å². The summed E-state index contributed by atoms with van der Waals surface area (Å²) in [5.41, 5.74) is 3.94. The van der Waals surface area contributed by atoms with Crippen LogP contribution in [0.2, 0.25) is 0 Å². The van der Waals surface area contributed by atoms with E-state index < -0.39 is 0 Å². The third-order valence-electron chi connectivity index (χ3n) is 3.74. The monoisotopic (exact) mass is 314 g/mol. The highest BCUT2D eigenvalue weighted by Gasteiger charge is 2.05. The topological polar surface area (TPSA) is 26.3 Å². The molecule has 0 fully saturated rings. The van der Waals surface area contributed by atoms with E-state index in [4.69, 9.17) is 4.74 Å². The van der Waals surface area contributed by atoms with Crippen LogP contribution in [0.15, 0.2) is 91.0 Å². The molecule has 0 atom stereocenters. The molecule has 0 unspecified atom stereocenters. The zero-order valence-corrected chi connectivity index (χ0v) is 13.3. The Morgan fingerprint density at radius 1 is 0.750 bits per heavy atom. The molecule has 3 aromatic rings. The molecule has 2 nitrogen and oxygen atoms in total. The molecule has 0 aliphatic rings. The van der Waals surface area contributed by atoms with Gasteiger partial charge in [0.1, 0.15) is 12.4 Å². The number of hydrogen-bond donors (Lipinski definition) is 0. The van der Waals surface area contributed by atoms with Gasteiger partial charge < -0.3 is 4.74 Å². The van der Waals surface area contributed by atoms with Gasteiger partial charge in [-0.25, -0.2) is 0 Å². The number of hydrogen-bond acceptors (Lipinski definition) is 2. The highest BCUT2D eigenvalue weighted by molar-refractivity contribution is 5.80. The first kappa shape index (κ1) is 15.8. The molecule has 3 rings (SSSR count). The minimum Gasteiger partial charge on any atom is -0.489 e. The minimum atomic E-state index is 0.393. The summed E-state index contributed by atoms with van der Waals surface area (Å²) < 4.78 is 5.79. The fraction of sp³-hybridized carbons (Fsp3) is 0.0455. The van der Waals surface area contributed by atoms with Gasteiger partial charge in [-0.15, -0.1) is 0 Å². The van der Waals surface area contributed by atoms with E-state index in [1.807, 2.05) is 60.7 Å². The van der Waals surface area contributed by atoms with Crippen LogP contribution in [0, 0.1) is 0 Å². The molecule has 118 valence electrons. The molecule has 0 spiro atoms. The molecule has 0 heterocycles. The number of para-hydroxylation sites is 1. The van der Waals surface area contributed by atoms with Gasteiger partial charge in [0.15, 0.2) is 6.29 Å². The van der Waals surface area contributed by atoms with Gasteiger partial charge in [-0.1, -0.05) is 72.8 Å². The molecule has 2 heteroatoms. The fourth-order valence-electron chi connectivity index (χ4n) is 2.56. The van der Waals surface area contributed by atoms with Crippen LogP contribution < -0.4 is 4.74 Å². The van der Waals surface area contributed by atoms with Crippen molar-refractivity contribution in [2.75, 3.05) is 6.61 Å². The van der Waals surface area contributed by atoms with E-state index in [0.29, 0.717) is 17.9 Å². The maximum atomic E-state index is 11.1. The van der Waals surface area contributed by atoms with Crippen LogP contribution in [0.3, 0.4) is 0 Å². The lowest BCUT2D eigenvalue weighted by atomic mass is 9.98. The maximum Gasteiger partial charge on any atom is 0.153 e. The van der Waals surface area contributed by atoms with Crippen molar-refractivity contribution in [3.8, 4) is 5.75 Å². The third-order valence-corrected chi connectivity index (χ3v) is 3.74. The first-order chi connectivity index (χ1) is 11.9. The standard InChI is InChI=1S/C22H18O2/c23-17-20-13-7-8-14-22(20)24-16-15-21(18-9-3-1-4-10-18)19-11-5-2-6-12-19/h1-15,17H,16H2. The molecule has 0 radical (unpaired) electrons. The SMILES string of the molecule is O=Cc1ccccc1OCC=C(c1ccccc1)c1ccccc1. The fourth-order valence-corrected chi connectivity index (χ4v) is 2.56. The van der Waals surface area contributed by atoms with Gasteiger partial charge >= 0.3 is 0 Å². The van der Waals surface area contributed by atoms with Gasteiger partial charge in [-0.05, 0) is 34.9 Å². The summed E-state index contributed by atoms with van der Waals surface area (Å²) in [4.78, 5) is 11.1. The smallest absolute Gasteiger partial charge is 0.153 e. The Bertz CT molecular complexity index is 779. The summed E-state index contributed by atoms with van der Waals surface area (Å²) in [7, 11) is 0. The van der Waals surface area contributed by atoms with E-state index in [1.165, 1.54) is 0 Å². The van der Waals surface area contributed by atoms with E-state index in [9.17, 15) is 4.79 Å². The van der Waals surface area contributed by atoms with Crippen LogP contribution in [0.4, 0.5) is 0 Å². The number of ether oxygens (including phenoxy) is 1. The Morgan fingerprint density at radius 2 is 1.29 bits per heavy atom. The Hall–Kier alpha value is -3.13. The molecule has 0 amide bonds. The van der Waals surface area contributed by atoms with Crippen molar-refractivity contribution in [2.24, 2.45) is 0 Å². The van der Waals surface area contributed by atoms with Crippen molar-refractivity contribution in [3.63, 3.8) is 0 Å². The number of aldehydes is 1. The van der Waals surface area contributed by atoms with Gasteiger partial charge in [0, 0.05) is 0 Å². The molecule has 0 saturated carbocycles. The Morgan fingerprint density at radius 3 is 1.88 bits per heavy atom. The van der Waals surface area contributed by atoms with Crippen LogP contribution >= 0.6 is 0 Å². The Labute approximate surface area is 142 Å². The second-order valence-electron chi connectivity index (χ2n) is 5.32. The van der Waals surface area contributed by atoms with Crippen molar-refractivity contribution in [1.29, 1.82) is 0 Å². The quantitative estimate of drug-likeness (QED) is 0.598. The van der Waals surface area contributed by atoms with E-state index in [0.717, 1.165) is 23.0 Å². The van der Waals surface area contributed by atoms with Crippen LogP contribution in [0.1, 0.15) is 21.5 Å². The lowest BCUT2D eigenvalue weighted by molar-refractivity contribution is 0.112. The first-order valence-electron chi connectivity index (χ1n) is 7.86. The van der Waals surface area contributed by atoms with Crippen molar-refractivity contribution < 1.29 is 9.53 Å². The average molecular weight is 314 g/mol. The van der Waals surface area contributed by atoms with Crippen molar-refractivity contribution in [3.05, 3.63) is 108 Å². The third kappa shape index (κ3) is 3.79. The summed E-state index contributed by atoms with van der Waals surface area (Å²) >= 11 is 0. The van der Waals surface area contributed by atoms with Gasteiger partial charge in [-0.2, -0.15) is 0 Å². The Balaban J connectivity index is 1.86. The summed E-state index contributed by atoms with van der Waals surface area (Å²) in [5, 5.41) is 0. The van der Waals surface area contributed by atoms with Crippen molar-refractivity contribution in [1.82, 2.24) is 0 Å². The van der Waals surface area contributed by atoms with Gasteiger partial charge in [0.25, 0.3) is 0 Å². The second-order valence-corrected chi connectivity index (χ2v) is 5.32. The zero-order valence-electron chi connectivity index (χ0n) is 13.3. The van der Waals surface area contributed by atoms with E-state index in [2.05, 4.69) is 24.3 Å².